The van der Waals surface area contributed by atoms with Crippen LogP contribution in [0.1, 0.15) is 47.9 Å². The van der Waals surface area contributed by atoms with Crippen LogP contribution < -0.4 is 0 Å². The molecular formula is C18H23NO3. The van der Waals surface area contributed by atoms with Crippen molar-refractivity contribution < 1.29 is 14.3 Å². The quantitative estimate of drug-likeness (QED) is 0.942. The van der Waals surface area contributed by atoms with Gasteiger partial charge in [-0.25, -0.2) is 0 Å². The predicted molar refractivity (Wildman–Crippen MR) is 86.1 cm³/mol. The fourth-order valence-electron chi connectivity index (χ4n) is 3.34. The number of benzene rings is 1. The van der Waals surface area contributed by atoms with Crippen molar-refractivity contribution in [2.75, 3.05) is 13.2 Å². The molecule has 1 N–H and O–H groups in total. The van der Waals surface area contributed by atoms with Crippen LogP contribution in [0.3, 0.4) is 0 Å². The minimum atomic E-state index is -0.0951. The van der Waals surface area contributed by atoms with Gasteiger partial charge in [0.15, 0.2) is 5.76 Å². The number of carbonyl (C=O) groups is 1. The minimum absolute atomic E-state index is 0.0195. The van der Waals surface area contributed by atoms with Crippen LogP contribution in [-0.2, 0) is 6.42 Å². The van der Waals surface area contributed by atoms with E-state index in [2.05, 4.69) is 19.1 Å². The molecule has 0 radical (unpaired) electrons. The zero-order valence-corrected chi connectivity index (χ0v) is 13.3. The highest BCUT2D eigenvalue weighted by atomic mass is 16.3. The largest absolute Gasteiger partial charge is 0.451 e. The van der Waals surface area contributed by atoms with Crippen molar-refractivity contribution in [3.8, 4) is 0 Å². The summed E-state index contributed by atoms with van der Waals surface area (Å²) in [6.45, 7) is 4.82. The highest BCUT2D eigenvalue weighted by molar-refractivity contribution is 5.99. The van der Waals surface area contributed by atoms with Gasteiger partial charge in [0, 0.05) is 17.5 Å². The third-order valence-electron chi connectivity index (χ3n) is 4.58. The Bertz CT molecular complexity index is 689. The average Bonchev–Trinajstić information content (AvgIpc) is 3.12. The molecule has 3 rings (SSSR count). The normalized spacial score (nSPS) is 18.3. The number of furan rings is 1. The van der Waals surface area contributed by atoms with Gasteiger partial charge in [-0.2, -0.15) is 0 Å². The number of aliphatic hydroxyl groups is 1. The fraction of sp³-hybridized carbons (Fsp3) is 0.500. The number of nitrogens with zero attached hydrogens (tertiary/aromatic N) is 1. The van der Waals surface area contributed by atoms with Crippen molar-refractivity contribution >= 4 is 16.9 Å². The number of aliphatic hydroxyl groups excluding tert-OH is 1. The monoisotopic (exact) mass is 301 g/mol. The van der Waals surface area contributed by atoms with Gasteiger partial charge in [-0.15, -0.1) is 0 Å². The van der Waals surface area contributed by atoms with Crippen molar-refractivity contribution in [3.05, 3.63) is 35.1 Å². The summed E-state index contributed by atoms with van der Waals surface area (Å²) in [7, 11) is 0. The molecule has 0 spiro atoms. The first kappa shape index (κ1) is 15.1. The van der Waals surface area contributed by atoms with Gasteiger partial charge in [-0.1, -0.05) is 19.4 Å². The molecular weight excluding hydrogens is 278 g/mol. The summed E-state index contributed by atoms with van der Waals surface area (Å²) >= 11 is 0. The van der Waals surface area contributed by atoms with Crippen molar-refractivity contribution in [3.63, 3.8) is 0 Å². The maximum atomic E-state index is 12.7. The predicted octanol–water partition coefficient (Wildman–Crippen LogP) is 3.29. The van der Waals surface area contributed by atoms with Crippen LogP contribution in [0.2, 0.25) is 0 Å². The summed E-state index contributed by atoms with van der Waals surface area (Å²) in [6, 6.07) is 6.07. The van der Waals surface area contributed by atoms with E-state index < -0.39 is 0 Å². The zero-order valence-electron chi connectivity index (χ0n) is 13.3. The standard InChI is InChI=1S/C18H23NO3/c1-3-5-13-7-8-16-15(10-13)12(2)17(22-16)18(21)19-9-4-6-14(19)11-20/h7-8,10,14,20H,3-6,9,11H2,1-2H3/t14-/m0/s1. The van der Waals surface area contributed by atoms with Crippen LogP contribution in [0.4, 0.5) is 0 Å². The lowest BCUT2D eigenvalue weighted by Gasteiger charge is -2.22. The summed E-state index contributed by atoms with van der Waals surface area (Å²) in [6.07, 6.45) is 3.93. The van der Waals surface area contributed by atoms with E-state index in [1.807, 2.05) is 13.0 Å². The van der Waals surface area contributed by atoms with E-state index in [1.54, 1.807) is 4.90 Å². The Morgan fingerprint density at radius 3 is 3.00 bits per heavy atom. The Balaban J connectivity index is 1.97. The average molecular weight is 301 g/mol. The van der Waals surface area contributed by atoms with Gasteiger partial charge in [-0.3, -0.25) is 4.79 Å². The molecule has 1 aliphatic rings. The van der Waals surface area contributed by atoms with Gasteiger partial charge < -0.3 is 14.4 Å². The van der Waals surface area contributed by atoms with E-state index in [0.29, 0.717) is 12.3 Å². The molecule has 0 saturated carbocycles. The van der Waals surface area contributed by atoms with Crippen LogP contribution in [0.25, 0.3) is 11.0 Å². The second-order valence-electron chi connectivity index (χ2n) is 6.11. The third kappa shape index (κ3) is 2.52. The van der Waals surface area contributed by atoms with Gasteiger partial charge in [-0.05, 0) is 43.9 Å². The second kappa shape index (κ2) is 6.13. The van der Waals surface area contributed by atoms with Gasteiger partial charge in [0.2, 0.25) is 0 Å². The number of rotatable bonds is 4. The van der Waals surface area contributed by atoms with Crippen LogP contribution in [0, 0.1) is 6.92 Å². The molecule has 1 aromatic heterocycles. The van der Waals surface area contributed by atoms with Crippen LogP contribution in [0.15, 0.2) is 22.6 Å². The van der Waals surface area contributed by atoms with Gasteiger partial charge in [0.05, 0.1) is 12.6 Å². The molecule has 118 valence electrons. The van der Waals surface area contributed by atoms with E-state index in [1.165, 1.54) is 5.56 Å². The number of carbonyl (C=O) groups excluding carboxylic acids is 1. The molecule has 1 amide bonds. The van der Waals surface area contributed by atoms with Crippen molar-refractivity contribution in [2.24, 2.45) is 0 Å². The molecule has 22 heavy (non-hydrogen) atoms. The van der Waals surface area contributed by atoms with E-state index in [0.717, 1.165) is 42.2 Å². The summed E-state index contributed by atoms with van der Waals surface area (Å²) < 4.78 is 5.83. The molecule has 1 saturated heterocycles. The van der Waals surface area contributed by atoms with Crippen molar-refractivity contribution in [1.82, 2.24) is 4.90 Å². The zero-order chi connectivity index (χ0) is 15.7. The highest BCUT2D eigenvalue weighted by Crippen LogP contribution is 2.29. The number of hydrogen-bond acceptors (Lipinski definition) is 3. The molecule has 0 bridgehead atoms. The summed E-state index contributed by atoms with van der Waals surface area (Å²) in [5.74, 6) is 0.325. The van der Waals surface area contributed by atoms with Crippen LogP contribution in [-0.4, -0.2) is 35.1 Å². The number of amides is 1. The van der Waals surface area contributed by atoms with Gasteiger partial charge >= 0.3 is 0 Å². The fourth-order valence-corrected chi connectivity index (χ4v) is 3.34. The lowest BCUT2D eigenvalue weighted by Crippen LogP contribution is -2.37. The Morgan fingerprint density at radius 1 is 1.45 bits per heavy atom. The number of aryl methyl sites for hydroxylation is 2. The van der Waals surface area contributed by atoms with Crippen LogP contribution in [0.5, 0.6) is 0 Å². The Labute approximate surface area is 130 Å². The molecule has 4 nitrogen and oxygen atoms in total. The maximum Gasteiger partial charge on any atom is 0.290 e. The third-order valence-corrected chi connectivity index (χ3v) is 4.58. The molecule has 1 atom stereocenters. The first-order valence-corrected chi connectivity index (χ1v) is 8.09. The van der Waals surface area contributed by atoms with Crippen molar-refractivity contribution in [2.45, 2.75) is 45.6 Å². The summed E-state index contributed by atoms with van der Waals surface area (Å²) in [5.41, 5.74) is 2.94. The molecule has 0 unspecified atom stereocenters. The maximum absolute atomic E-state index is 12.7. The van der Waals surface area contributed by atoms with E-state index in [9.17, 15) is 9.90 Å². The molecule has 1 aromatic carbocycles. The van der Waals surface area contributed by atoms with Gasteiger partial charge in [0.25, 0.3) is 5.91 Å². The second-order valence-corrected chi connectivity index (χ2v) is 6.11. The molecule has 1 aliphatic heterocycles. The van der Waals surface area contributed by atoms with Crippen molar-refractivity contribution in [1.29, 1.82) is 0 Å². The lowest BCUT2D eigenvalue weighted by molar-refractivity contribution is 0.0647. The Kier molecular flexibility index (Phi) is 4.21. The molecule has 2 heterocycles. The van der Waals surface area contributed by atoms with Crippen LogP contribution >= 0.6 is 0 Å². The lowest BCUT2D eigenvalue weighted by atomic mass is 10.1. The van der Waals surface area contributed by atoms with E-state index >= 15 is 0 Å². The summed E-state index contributed by atoms with van der Waals surface area (Å²) in [4.78, 5) is 14.5. The molecule has 2 aromatic rings. The number of fused-ring (bicyclic) bond motifs is 1. The highest BCUT2D eigenvalue weighted by Gasteiger charge is 2.31. The van der Waals surface area contributed by atoms with E-state index in [-0.39, 0.29) is 18.6 Å². The topological polar surface area (TPSA) is 53.7 Å². The minimum Gasteiger partial charge on any atom is -0.451 e. The number of hydrogen-bond donors (Lipinski definition) is 1. The molecule has 0 aliphatic carbocycles. The first-order chi connectivity index (χ1) is 10.7. The Morgan fingerprint density at radius 2 is 2.27 bits per heavy atom. The smallest absolute Gasteiger partial charge is 0.290 e. The Hall–Kier alpha value is -1.81. The molecule has 4 heteroatoms. The molecule has 1 fully saturated rings. The van der Waals surface area contributed by atoms with E-state index in [4.69, 9.17) is 4.42 Å². The summed E-state index contributed by atoms with van der Waals surface area (Å²) in [5, 5.41) is 10.4. The van der Waals surface area contributed by atoms with Gasteiger partial charge in [0.1, 0.15) is 5.58 Å². The first-order valence-electron chi connectivity index (χ1n) is 8.09. The number of likely N-dealkylation sites (tertiary alicyclic amines) is 1. The SMILES string of the molecule is CCCc1ccc2oc(C(=O)N3CCC[C@H]3CO)c(C)c2c1.